The molecule has 0 radical (unpaired) electrons. The quantitative estimate of drug-likeness (QED) is 0.324. The monoisotopic (exact) mass is 522 g/mol. The normalized spacial score (nSPS) is 17.4. The molecule has 0 saturated carbocycles. The van der Waals surface area contributed by atoms with Crippen LogP contribution < -0.4 is 10.5 Å². The number of aromatic nitrogens is 2. The van der Waals surface area contributed by atoms with Crippen molar-refractivity contribution in [3.05, 3.63) is 113 Å². The number of aryl methyl sites for hydroxylation is 2. The summed E-state index contributed by atoms with van der Waals surface area (Å²) in [6, 6.07) is 22.9. The van der Waals surface area contributed by atoms with E-state index in [2.05, 4.69) is 22.1 Å². The molecule has 2 N–H and O–H groups in total. The SMILES string of the molecule is Nc1ncnc2c1C(c1ccc(Oc3cc(F)cc(CCc4ccccc4)c3)cc1)=NC(C1CCOCC1)C2. The molecule has 1 fully saturated rings. The van der Waals surface area contributed by atoms with Gasteiger partial charge in [0.05, 0.1) is 23.0 Å². The zero-order chi connectivity index (χ0) is 26.6. The molecule has 3 heterocycles. The Morgan fingerprint density at radius 3 is 2.44 bits per heavy atom. The molecule has 39 heavy (non-hydrogen) atoms. The Kier molecular flexibility index (Phi) is 7.32. The Balaban J connectivity index is 1.22. The Morgan fingerprint density at radius 2 is 1.64 bits per heavy atom. The van der Waals surface area contributed by atoms with Crippen LogP contribution in [0, 0.1) is 11.7 Å². The maximum atomic E-state index is 14.4. The molecular formula is C32H31FN4O2. The van der Waals surface area contributed by atoms with Gasteiger partial charge < -0.3 is 15.2 Å². The Labute approximate surface area is 227 Å². The molecule has 1 saturated heterocycles. The Morgan fingerprint density at radius 1 is 0.872 bits per heavy atom. The molecule has 4 aromatic rings. The molecule has 6 nitrogen and oxygen atoms in total. The number of anilines is 1. The second-order valence-electron chi connectivity index (χ2n) is 10.2. The summed E-state index contributed by atoms with van der Waals surface area (Å²) in [5.74, 6) is 1.67. The number of nitrogens with zero attached hydrogens (tertiary/aromatic N) is 3. The van der Waals surface area contributed by atoms with Crippen LogP contribution in [0.2, 0.25) is 0 Å². The topological polar surface area (TPSA) is 82.6 Å². The average Bonchev–Trinajstić information content (AvgIpc) is 2.97. The standard InChI is InChI=1S/C32H31FN4O2/c33-25-16-22(7-6-21-4-2-1-3-5-21)17-27(18-25)39-26-10-8-24(9-11-26)31-30-29(35-20-36-32(30)34)19-28(37-31)23-12-14-38-15-13-23/h1-5,8-11,16-18,20,23,28H,6-7,12-15,19H2,(H2,34,35,36). The molecule has 0 amide bonds. The molecule has 1 unspecified atom stereocenters. The summed E-state index contributed by atoms with van der Waals surface area (Å²) in [5.41, 5.74) is 11.9. The zero-order valence-corrected chi connectivity index (χ0v) is 21.7. The van der Waals surface area contributed by atoms with Crippen LogP contribution in [0.1, 0.15) is 40.8 Å². The highest BCUT2D eigenvalue weighted by molar-refractivity contribution is 6.16. The van der Waals surface area contributed by atoms with Crippen LogP contribution in [0.5, 0.6) is 11.5 Å². The predicted octanol–water partition coefficient (Wildman–Crippen LogP) is 5.96. The van der Waals surface area contributed by atoms with Gasteiger partial charge in [-0.25, -0.2) is 14.4 Å². The predicted molar refractivity (Wildman–Crippen MR) is 150 cm³/mol. The van der Waals surface area contributed by atoms with Gasteiger partial charge in [-0.15, -0.1) is 0 Å². The summed E-state index contributed by atoms with van der Waals surface area (Å²) in [6.45, 7) is 1.54. The lowest BCUT2D eigenvalue weighted by atomic mass is 9.84. The number of benzene rings is 3. The maximum Gasteiger partial charge on any atom is 0.136 e. The fourth-order valence-corrected chi connectivity index (χ4v) is 5.49. The molecule has 2 aliphatic heterocycles. The van der Waals surface area contributed by atoms with Crippen LogP contribution in [-0.2, 0) is 24.0 Å². The largest absolute Gasteiger partial charge is 0.457 e. The van der Waals surface area contributed by atoms with Gasteiger partial charge in [-0.3, -0.25) is 4.99 Å². The molecule has 6 rings (SSSR count). The number of rotatable bonds is 7. The van der Waals surface area contributed by atoms with Crippen molar-refractivity contribution in [2.75, 3.05) is 18.9 Å². The molecule has 0 aliphatic carbocycles. The van der Waals surface area contributed by atoms with E-state index in [9.17, 15) is 4.39 Å². The van der Waals surface area contributed by atoms with Gasteiger partial charge >= 0.3 is 0 Å². The molecule has 3 aromatic carbocycles. The van der Waals surface area contributed by atoms with Gasteiger partial charge in [-0.05, 0) is 79.1 Å². The van der Waals surface area contributed by atoms with E-state index in [1.807, 2.05) is 48.5 Å². The van der Waals surface area contributed by atoms with Gasteiger partial charge in [0.1, 0.15) is 29.5 Å². The van der Waals surface area contributed by atoms with Crippen LogP contribution in [0.3, 0.4) is 0 Å². The first kappa shape index (κ1) is 25.2. The number of nitrogen functional groups attached to an aromatic ring is 1. The van der Waals surface area contributed by atoms with Gasteiger partial charge in [0.2, 0.25) is 0 Å². The third kappa shape index (κ3) is 5.83. The van der Waals surface area contributed by atoms with Crippen LogP contribution in [0.25, 0.3) is 0 Å². The van der Waals surface area contributed by atoms with Crippen molar-refractivity contribution in [2.24, 2.45) is 10.9 Å². The highest BCUT2D eigenvalue weighted by atomic mass is 19.1. The zero-order valence-electron chi connectivity index (χ0n) is 21.7. The maximum absolute atomic E-state index is 14.4. The summed E-state index contributed by atoms with van der Waals surface area (Å²) < 4.78 is 26.0. The number of aliphatic imine (C=N–C) groups is 1. The van der Waals surface area contributed by atoms with Crippen LogP contribution in [-0.4, -0.2) is 34.9 Å². The minimum Gasteiger partial charge on any atom is -0.457 e. The number of fused-ring (bicyclic) bond motifs is 1. The van der Waals surface area contributed by atoms with E-state index >= 15 is 0 Å². The van der Waals surface area contributed by atoms with E-state index in [4.69, 9.17) is 20.2 Å². The van der Waals surface area contributed by atoms with Gasteiger partial charge in [0.25, 0.3) is 0 Å². The molecule has 1 atom stereocenters. The lowest BCUT2D eigenvalue weighted by molar-refractivity contribution is 0.0585. The minimum absolute atomic E-state index is 0.128. The second kappa shape index (κ2) is 11.3. The lowest BCUT2D eigenvalue weighted by Crippen LogP contribution is -2.33. The summed E-state index contributed by atoms with van der Waals surface area (Å²) in [7, 11) is 0. The van der Waals surface area contributed by atoms with Crippen molar-refractivity contribution in [1.82, 2.24) is 9.97 Å². The van der Waals surface area contributed by atoms with E-state index in [-0.39, 0.29) is 11.9 Å². The van der Waals surface area contributed by atoms with Gasteiger partial charge in [0, 0.05) is 31.3 Å². The van der Waals surface area contributed by atoms with E-state index in [0.29, 0.717) is 23.2 Å². The minimum atomic E-state index is -0.310. The van der Waals surface area contributed by atoms with Crippen LogP contribution in [0.15, 0.2) is 84.1 Å². The molecule has 1 aromatic heterocycles. The first-order valence-corrected chi connectivity index (χ1v) is 13.5. The molecule has 2 aliphatic rings. The van der Waals surface area contributed by atoms with Gasteiger partial charge in [-0.2, -0.15) is 0 Å². The number of ether oxygens (including phenoxy) is 2. The molecule has 7 heteroatoms. The lowest BCUT2D eigenvalue weighted by Gasteiger charge is -2.31. The van der Waals surface area contributed by atoms with Crippen molar-refractivity contribution < 1.29 is 13.9 Å². The Hall–Kier alpha value is -4.10. The molecule has 0 bridgehead atoms. The number of nitrogens with two attached hydrogens (primary N) is 1. The first-order valence-electron chi connectivity index (χ1n) is 13.5. The van der Waals surface area contributed by atoms with Crippen molar-refractivity contribution in [2.45, 2.75) is 38.1 Å². The van der Waals surface area contributed by atoms with E-state index in [0.717, 1.165) is 73.4 Å². The Bertz CT molecular complexity index is 1470. The van der Waals surface area contributed by atoms with Gasteiger partial charge in [-0.1, -0.05) is 30.3 Å². The third-order valence-corrected chi connectivity index (χ3v) is 7.54. The van der Waals surface area contributed by atoms with Crippen molar-refractivity contribution in [1.29, 1.82) is 0 Å². The van der Waals surface area contributed by atoms with E-state index < -0.39 is 0 Å². The van der Waals surface area contributed by atoms with E-state index in [1.165, 1.54) is 18.0 Å². The number of hydrogen-bond donors (Lipinski definition) is 1. The van der Waals surface area contributed by atoms with Crippen LogP contribution in [0.4, 0.5) is 10.2 Å². The first-order chi connectivity index (χ1) is 19.1. The summed E-state index contributed by atoms with van der Waals surface area (Å²) in [4.78, 5) is 14.0. The second-order valence-corrected chi connectivity index (χ2v) is 10.2. The average molecular weight is 523 g/mol. The van der Waals surface area contributed by atoms with Crippen molar-refractivity contribution in [3.63, 3.8) is 0 Å². The smallest absolute Gasteiger partial charge is 0.136 e. The summed E-state index contributed by atoms with van der Waals surface area (Å²) in [5, 5.41) is 0. The van der Waals surface area contributed by atoms with Crippen molar-refractivity contribution in [3.8, 4) is 11.5 Å². The van der Waals surface area contributed by atoms with E-state index in [1.54, 1.807) is 6.07 Å². The van der Waals surface area contributed by atoms with Crippen molar-refractivity contribution >= 4 is 11.5 Å². The number of halogens is 1. The number of hydrogen-bond acceptors (Lipinski definition) is 6. The molecule has 0 spiro atoms. The van der Waals surface area contributed by atoms with Gasteiger partial charge in [0.15, 0.2) is 0 Å². The highest BCUT2D eigenvalue weighted by Crippen LogP contribution is 2.32. The summed E-state index contributed by atoms with van der Waals surface area (Å²) >= 11 is 0. The fraction of sp³-hybridized carbons (Fsp3) is 0.281. The molecule has 198 valence electrons. The molecular weight excluding hydrogens is 491 g/mol. The van der Waals surface area contributed by atoms with Crippen LogP contribution >= 0.6 is 0 Å². The summed E-state index contributed by atoms with van der Waals surface area (Å²) in [6.07, 6.45) is 5.83. The third-order valence-electron chi connectivity index (χ3n) is 7.54. The fourth-order valence-electron chi connectivity index (χ4n) is 5.49. The highest BCUT2D eigenvalue weighted by Gasteiger charge is 2.31.